The molecule has 0 bridgehead atoms. The normalized spacial score (nSPS) is 21.3. The van der Waals surface area contributed by atoms with E-state index in [1.165, 1.54) is 16.3 Å². The van der Waals surface area contributed by atoms with Gasteiger partial charge in [0.15, 0.2) is 11.9 Å². The van der Waals surface area contributed by atoms with Gasteiger partial charge in [0.2, 0.25) is 11.8 Å². The number of piperazine rings is 1. The first-order chi connectivity index (χ1) is 18.3. The molecule has 11 heteroatoms. The van der Waals surface area contributed by atoms with Crippen LogP contribution in [-0.4, -0.2) is 76.9 Å². The van der Waals surface area contributed by atoms with E-state index in [9.17, 15) is 9.59 Å². The number of hydrogen-bond donors (Lipinski definition) is 4. The van der Waals surface area contributed by atoms with E-state index < -0.39 is 6.04 Å². The number of rotatable bonds is 11. The highest BCUT2D eigenvalue weighted by molar-refractivity contribution is 8.00. The number of carbonyl (C=O) groups is 2. The predicted molar refractivity (Wildman–Crippen MR) is 154 cm³/mol. The fourth-order valence-corrected chi connectivity index (χ4v) is 6.66. The average molecular weight is 539 g/mol. The van der Waals surface area contributed by atoms with E-state index >= 15 is 0 Å². The van der Waals surface area contributed by atoms with Crippen molar-refractivity contribution < 1.29 is 9.59 Å². The minimum Gasteiger partial charge on any atom is -0.370 e. The molecule has 2 amide bonds. The van der Waals surface area contributed by atoms with Crippen LogP contribution in [0.4, 0.5) is 0 Å². The molecule has 2 aliphatic heterocycles. The van der Waals surface area contributed by atoms with Crippen molar-refractivity contribution in [2.45, 2.75) is 43.5 Å². The van der Waals surface area contributed by atoms with Gasteiger partial charge < -0.3 is 32.7 Å². The van der Waals surface area contributed by atoms with Crippen LogP contribution in [-0.2, 0) is 16.0 Å². The molecule has 2 fully saturated rings. The second-order valence-corrected chi connectivity index (χ2v) is 11.1. The van der Waals surface area contributed by atoms with Crippen molar-refractivity contribution in [1.29, 1.82) is 0 Å². The van der Waals surface area contributed by atoms with Gasteiger partial charge in [-0.05, 0) is 48.4 Å². The summed E-state index contributed by atoms with van der Waals surface area (Å²) >= 11 is 1.76. The van der Waals surface area contributed by atoms with Crippen molar-refractivity contribution in [1.82, 2.24) is 9.80 Å². The van der Waals surface area contributed by atoms with Gasteiger partial charge in [-0.2, -0.15) is 0 Å². The number of aliphatic imine (C=N–C) groups is 2. The zero-order chi connectivity index (χ0) is 27.1. The molecule has 2 aliphatic rings. The van der Waals surface area contributed by atoms with Crippen molar-refractivity contribution in [3.8, 4) is 0 Å². The summed E-state index contributed by atoms with van der Waals surface area (Å²) in [4.78, 5) is 39.2. The van der Waals surface area contributed by atoms with E-state index in [1.807, 2.05) is 21.9 Å². The molecule has 204 valence electrons. The Morgan fingerprint density at radius 3 is 2.29 bits per heavy atom. The van der Waals surface area contributed by atoms with Crippen molar-refractivity contribution >= 4 is 46.3 Å². The molecular formula is C27H38N8O2S. The summed E-state index contributed by atoms with van der Waals surface area (Å²) in [5, 5.41) is 2.34. The van der Waals surface area contributed by atoms with Gasteiger partial charge in [0.25, 0.3) is 0 Å². The lowest BCUT2D eigenvalue weighted by Crippen LogP contribution is -2.65. The summed E-state index contributed by atoms with van der Waals surface area (Å²) in [6.45, 7) is 2.06. The van der Waals surface area contributed by atoms with E-state index in [4.69, 9.17) is 22.9 Å². The molecule has 2 saturated heterocycles. The molecule has 0 unspecified atom stereocenters. The first-order valence-electron chi connectivity index (χ1n) is 13.1. The maximum absolute atomic E-state index is 13.7. The third-order valence-electron chi connectivity index (χ3n) is 7.13. The Hall–Kier alpha value is -3.47. The first kappa shape index (κ1) is 27.6. The number of thioether (sulfide) groups is 1. The molecule has 10 nitrogen and oxygen atoms in total. The summed E-state index contributed by atoms with van der Waals surface area (Å²) in [7, 11) is 0. The van der Waals surface area contributed by atoms with Crippen LogP contribution in [0.2, 0.25) is 0 Å². The smallest absolute Gasteiger partial charge is 0.245 e. The van der Waals surface area contributed by atoms with Gasteiger partial charge in [-0.25, -0.2) is 0 Å². The van der Waals surface area contributed by atoms with Crippen LogP contribution < -0.4 is 22.9 Å². The van der Waals surface area contributed by atoms with E-state index in [1.54, 1.807) is 11.8 Å². The van der Waals surface area contributed by atoms with E-state index in [0.29, 0.717) is 51.9 Å². The number of fused-ring (bicyclic) bond motifs is 2. The van der Waals surface area contributed by atoms with Gasteiger partial charge >= 0.3 is 0 Å². The van der Waals surface area contributed by atoms with Crippen LogP contribution in [0.15, 0.2) is 52.4 Å². The highest BCUT2D eigenvalue weighted by Gasteiger charge is 2.47. The minimum absolute atomic E-state index is 0.00171. The highest BCUT2D eigenvalue weighted by atomic mass is 32.2. The van der Waals surface area contributed by atoms with Gasteiger partial charge in [0.1, 0.15) is 6.04 Å². The molecular weight excluding hydrogens is 500 g/mol. The van der Waals surface area contributed by atoms with Gasteiger partial charge in [0, 0.05) is 31.3 Å². The number of guanidine groups is 2. The second kappa shape index (κ2) is 12.9. The topological polar surface area (TPSA) is 169 Å². The summed E-state index contributed by atoms with van der Waals surface area (Å²) in [6, 6.07) is 14.2. The Balaban J connectivity index is 1.45. The van der Waals surface area contributed by atoms with Crippen molar-refractivity contribution in [3.63, 3.8) is 0 Å². The molecule has 0 radical (unpaired) electrons. The van der Waals surface area contributed by atoms with Crippen molar-refractivity contribution in [3.05, 3.63) is 48.0 Å². The summed E-state index contributed by atoms with van der Waals surface area (Å²) in [5.74, 6) is 0.716. The zero-order valence-electron chi connectivity index (χ0n) is 21.7. The lowest BCUT2D eigenvalue weighted by molar-refractivity contribution is -0.155. The highest BCUT2D eigenvalue weighted by Crippen LogP contribution is 2.36. The number of nitrogens with zero attached hydrogens (tertiary/aromatic N) is 4. The molecule has 0 aromatic heterocycles. The molecule has 2 aromatic carbocycles. The van der Waals surface area contributed by atoms with Crippen LogP contribution in [0.25, 0.3) is 10.8 Å². The Morgan fingerprint density at radius 2 is 1.58 bits per heavy atom. The number of carbonyl (C=O) groups excluding carboxylic acids is 2. The van der Waals surface area contributed by atoms with Gasteiger partial charge in [-0.3, -0.25) is 19.6 Å². The van der Waals surface area contributed by atoms with Crippen LogP contribution in [0.1, 0.15) is 31.2 Å². The van der Waals surface area contributed by atoms with Crippen LogP contribution >= 0.6 is 11.8 Å². The van der Waals surface area contributed by atoms with Gasteiger partial charge in [-0.15, -0.1) is 11.8 Å². The molecule has 2 aromatic rings. The third kappa shape index (κ3) is 6.89. The lowest BCUT2D eigenvalue weighted by atomic mass is 9.98. The lowest BCUT2D eigenvalue weighted by Gasteiger charge is -2.49. The maximum Gasteiger partial charge on any atom is 0.245 e. The van der Waals surface area contributed by atoms with Gasteiger partial charge in [0.05, 0.1) is 11.9 Å². The fourth-order valence-electron chi connectivity index (χ4n) is 5.20. The molecule has 0 saturated carbocycles. The largest absolute Gasteiger partial charge is 0.370 e. The summed E-state index contributed by atoms with van der Waals surface area (Å²) in [6.07, 6.45) is 3.30. The Kier molecular flexibility index (Phi) is 9.33. The number of hydrogen-bond acceptors (Lipinski definition) is 5. The Morgan fingerprint density at radius 1 is 0.895 bits per heavy atom. The zero-order valence-corrected chi connectivity index (χ0v) is 22.5. The summed E-state index contributed by atoms with van der Waals surface area (Å²) in [5.41, 5.74) is 23.0. The van der Waals surface area contributed by atoms with E-state index in [2.05, 4.69) is 40.3 Å². The van der Waals surface area contributed by atoms with E-state index in [0.717, 1.165) is 12.2 Å². The minimum atomic E-state index is -0.514. The first-order valence-corrected chi connectivity index (χ1v) is 14.2. The van der Waals surface area contributed by atoms with Gasteiger partial charge in [-0.1, -0.05) is 42.5 Å². The molecule has 0 aliphatic carbocycles. The molecule has 3 atom stereocenters. The number of amides is 2. The monoisotopic (exact) mass is 538 g/mol. The number of benzene rings is 2. The average Bonchev–Trinajstić information content (AvgIpc) is 2.89. The predicted octanol–water partition coefficient (Wildman–Crippen LogP) is 1.22. The summed E-state index contributed by atoms with van der Waals surface area (Å²) < 4.78 is 0. The Labute approximate surface area is 227 Å². The van der Waals surface area contributed by atoms with E-state index in [-0.39, 0.29) is 35.0 Å². The molecule has 0 spiro atoms. The third-order valence-corrected chi connectivity index (χ3v) is 8.49. The molecule has 8 N–H and O–H groups in total. The van der Waals surface area contributed by atoms with Crippen molar-refractivity contribution in [2.75, 3.05) is 31.9 Å². The van der Waals surface area contributed by atoms with Crippen LogP contribution in [0.3, 0.4) is 0 Å². The quantitative estimate of drug-likeness (QED) is 0.189. The fraction of sp³-hybridized carbons (Fsp3) is 0.481. The Bertz CT molecular complexity index is 1190. The van der Waals surface area contributed by atoms with Crippen LogP contribution in [0.5, 0.6) is 0 Å². The SMILES string of the molecule is NC(N)=NCCC[C@@H]1CS[C@@H]2CN(CCc3ccc4ccccc4c3)C(=O)[C@H](CCCN=C(N)N)N2C1=O. The molecule has 2 heterocycles. The number of nitrogens with two attached hydrogens (primary N) is 4. The van der Waals surface area contributed by atoms with Crippen molar-refractivity contribution in [2.24, 2.45) is 38.8 Å². The molecule has 38 heavy (non-hydrogen) atoms. The maximum atomic E-state index is 13.7. The van der Waals surface area contributed by atoms with Crippen LogP contribution in [0, 0.1) is 5.92 Å². The molecule has 4 rings (SSSR count). The standard InChI is InChI=1S/C27H38N8O2S/c28-26(29)32-12-3-7-21-17-38-23-16-34(14-11-18-9-10-19-5-1-2-6-20(19)15-18)25(37)22(35(23)24(21)36)8-4-13-33-27(30)31/h1-2,5-6,9-10,15,21-23H,3-4,7-8,11-14,16-17H2,(H4,28,29,32)(H4,30,31,33)/t21-,22+,23-/m1/s1. The second-order valence-electron chi connectivity index (χ2n) is 9.86.